The molecule has 2 atom stereocenters. The fourth-order valence-electron chi connectivity index (χ4n) is 2.42. The predicted octanol–water partition coefficient (Wildman–Crippen LogP) is 1.64. The molecule has 2 aliphatic rings. The SMILES string of the molecule is CC(=O)O.NC1=NCCC2CCCCC12. The number of amidine groups is 1. The van der Waals surface area contributed by atoms with E-state index >= 15 is 0 Å². The van der Waals surface area contributed by atoms with Crippen molar-refractivity contribution in [3.63, 3.8) is 0 Å². The smallest absolute Gasteiger partial charge is 0.300 e. The van der Waals surface area contributed by atoms with E-state index in [1.807, 2.05) is 0 Å². The first-order valence-electron chi connectivity index (χ1n) is 5.60. The summed E-state index contributed by atoms with van der Waals surface area (Å²) in [5.74, 6) is 1.64. The second-order valence-corrected chi connectivity index (χ2v) is 4.27. The number of nitrogens with zero attached hydrogens (tertiary/aromatic N) is 1. The highest BCUT2D eigenvalue weighted by Gasteiger charge is 2.29. The van der Waals surface area contributed by atoms with Gasteiger partial charge in [-0.25, -0.2) is 0 Å². The number of fused-ring (bicyclic) bond motifs is 1. The van der Waals surface area contributed by atoms with Crippen molar-refractivity contribution < 1.29 is 9.90 Å². The Balaban J connectivity index is 0.000000245. The summed E-state index contributed by atoms with van der Waals surface area (Å²) in [5.41, 5.74) is 5.84. The molecule has 2 unspecified atom stereocenters. The molecule has 1 heterocycles. The van der Waals surface area contributed by atoms with Gasteiger partial charge in [-0.3, -0.25) is 9.79 Å². The largest absolute Gasteiger partial charge is 0.481 e. The van der Waals surface area contributed by atoms with E-state index in [9.17, 15) is 0 Å². The van der Waals surface area contributed by atoms with E-state index < -0.39 is 5.97 Å². The molecule has 0 spiro atoms. The van der Waals surface area contributed by atoms with Gasteiger partial charge in [-0.2, -0.15) is 0 Å². The van der Waals surface area contributed by atoms with E-state index in [1.165, 1.54) is 32.1 Å². The normalized spacial score (nSPS) is 29.3. The third-order valence-corrected chi connectivity index (χ3v) is 3.08. The lowest BCUT2D eigenvalue weighted by molar-refractivity contribution is -0.134. The molecule has 0 radical (unpaired) electrons. The number of aliphatic carboxylic acids is 1. The summed E-state index contributed by atoms with van der Waals surface area (Å²) in [4.78, 5) is 13.3. The van der Waals surface area contributed by atoms with Crippen LogP contribution in [0.5, 0.6) is 0 Å². The first kappa shape index (κ1) is 12.0. The monoisotopic (exact) mass is 212 g/mol. The number of carbonyl (C=O) groups is 1. The van der Waals surface area contributed by atoms with Gasteiger partial charge in [0.25, 0.3) is 5.97 Å². The third kappa shape index (κ3) is 3.90. The fraction of sp³-hybridized carbons (Fsp3) is 0.818. The Morgan fingerprint density at radius 1 is 1.40 bits per heavy atom. The summed E-state index contributed by atoms with van der Waals surface area (Å²) in [5, 5.41) is 7.42. The standard InChI is InChI=1S/C9H16N2.C2H4O2/c10-9-8-4-2-1-3-7(8)5-6-11-9;1-2(3)4/h7-8H,1-6H2,(H2,10,11);1H3,(H,3,4). The van der Waals surface area contributed by atoms with E-state index in [0.717, 1.165) is 25.2 Å². The van der Waals surface area contributed by atoms with E-state index in [2.05, 4.69) is 4.99 Å². The maximum Gasteiger partial charge on any atom is 0.300 e. The van der Waals surface area contributed by atoms with Crippen LogP contribution in [0.15, 0.2) is 4.99 Å². The molecule has 4 heteroatoms. The Kier molecular flexibility index (Phi) is 4.59. The third-order valence-electron chi connectivity index (χ3n) is 3.08. The van der Waals surface area contributed by atoms with E-state index in [0.29, 0.717) is 5.92 Å². The summed E-state index contributed by atoms with van der Waals surface area (Å²) in [6.45, 7) is 2.06. The molecule has 86 valence electrons. The lowest BCUT2D eigenvalue weighted by atomic mass is 9.75. The number of rotatable bonds is 0. The molecule has 0 aromatic heterocycles. The van der Waals surface area contributed by atoms with Crippen LogP contribution in [0.2, 0.25) is 0 Å². The first-order chi connectivity index (χ1) is 7.11. The van der Waals surface area contributed by atoms with Crippen LogP contribution in [0, 0.1) is 11.8 Å². The van der Waals surface area contributed by atoms with Gasteiger partial charge in [-0.05, 0) is 25.2 Å². The molecule has 1 saturated carbocycles. The molecule has 0 aromatic rings. The van der Waals surface area contributed by atoms with E-state index in [-0.39, 0.29) is 0 Å². The van der Waals surface area contributed by atoms with Gasteiger partial charge in [-0.1, -0.05) is 12.8 Å². The highest BCUT2D eigenvalue weighted by Crippen LogP contribution is 2.34. The molecule has 0 bridgehead atoms. The zero-order valence-corrected chi connectivity index (χ0v) is 9.28. The molecule has 15 heavy (non-hydrogen) atoms. The fourth-order valence-corrected chi connectivity index (χ4v) is 2.42. The summed E-state index contributed by atoms with van der Waals surface area (Å²) in [7, 11) is 0. The number of nitrogens with two attached hydrogens (primary N) is 1. The first-order valence-corrected chi connectivity index (χ1v) is 5.60. The van der Waals surface area contributed by atoms with Gasteiger partial charge >= 0.3 is 0 Å². The molecule has 1 fully saturated rings. The van der Waals surface area contributed by atoms with Crippen LogP contribution >= 0.6 is 0 Å². The quantitative estimate of drug-likeness (QED) is 0.641. The summed E-state index contributed by atoms with van der Waals surface area (Å²) in [6, 6.07) is 0. The zero-order valence-electron chi connectivity index (χ0n) is 9.28. The number of carboxylic acids is 1. The van der Waals surface area contributed by atoms with Gasteiger partial charge in [0.05, 0.1) is 5.84 Å². The number of carboxylic acid groups (broad SMARTS) is 1. The Morgan fingerprint density at radius 2 is 2.00 bits per heavy atom. The van der Waals surface area contributed by atoms with Crippen molar-refractivity contribution in [3.05, 3.63) is 0 Å². The molecule has 0 amide bonds. The molecule has 4 nitrogen and oxygen atoms in total. The zero-order chi connectivity index (χ0) is 11.3. The van der Waals surface area contributed by atoms with Crippen LogP contribution in [0.1, 0.15) is 39.0 Å². The summed E-state index contributed by atoms with van der Waals surface area (Å²) >= 11 is 0. The Labute approximate surface area is 90.6 Å². The van der Waals surface area contributed by atoms with E-state index in [1.54, 1.807) is 0 Å². The van der Waals surface area contributed by atoms with Crippen molar-refractivity contribution in [1.29, 1.82) is 0 Å². The van der Waals surface area contributed by atoms with Crippen LogP contribution in [0.25, 0.3) is 0 Å². The number of hydrogen-bond donors (Lipinski definition) is 2. The van der Waals surface area contributed by atoms with Crippen molar-refractivity contribution >= 4 is 11.8 Å². The summed E-state index contributed by atoms with van der Waals surface area (Å²) in [6.07, 6.45) is 6.73. The van der Waals surface area contributed by atoms with Crippen LogP contribution in [0.4, 0.5) is 0 Å². The average Bonchev–Trinajstić information content (AvgIpc) is 2.18. The highest BCUT2D eigenvalue weighted by molar-refractivity contribution is 5.83. The van der Waals surface area contributed by atoms with Crippen LogP contribution < -0.4 is 5.73 Å². The Bertz CT molecular complexity index is 247. The molecule has 0 saturated heterocycles. The highest BCUT2D eigenvalue weighted by atomic mass is 16.4. The molecular weight excluding hydrogens is 192 g/mol. The minimum absolute atomic E-state index is 0.650. The van der Waals surface area contributed by atoms with Crippen molar-refractivity contribution in [3.8, 4) is 0 Å². The van der Waals surface area contributed by atoms with Crippen LogP contribution in [0.3, 0.4) is 0 Å². The number of hydrogen-bond acceptors (Lipinski definition) is 3. The lowest BCUT2D eigenvalue weighted by Crippen LogP contribution is -2.36. The van der Waals surface area contributed by atoms with Gasteiger partial charge in [0.15, 0.2) is 0 Å². The second-order valence-electron chi connectivity index (χ2n) is 4.27. The van der Waals surface area contributed by atoms with Crippen LogP contribution in [-0.4, -0.2) is 23.5 Å². The van der Waals surface area contributed by atoms with Crippen molar-refractivity contribution in [2.75, 3.05) is 6.54 Å². The van der Waals surface area contributed by atoms with Crippen molar-refractivity contribution in [1.82, 2.24) is 0 Å². The Hall–Kier alpha value is -1.06. The summed E-state index contributed by atoms with van der Waals surface area (Å²) < 4.78 is 0. The lowest BCUT2D eigenvalue weighted by Gasteiger charge is -2.33. The van der Waals surface area contributed by atoms with Gasteiger partial charge in [0.1, 0.15) is 0 Å². The van der Waals surface area contributed by atoms with Gasteiger partial charge in [0.2, 0.25) is 0 Å². The molecule has 1 aliphatic carbocycles. The minimum atomic E-state index is -0.833. The maximum atomic E-state index is 9.00. The second kappa shape index (κ2) is 5.73. The van der Waals surface area contributed by atoms with Crippen molar-refractivity contribution in [2.45, 2.75) is 39.0 Å². The van der Waals surface area contributed by atoms with Crippen LogP contribution in [-0.2, 0) is 4.79 Å². The van der Waals surface area contributed by atoms with Gasteiger partial charge < -0.3 is 10.8 Å². The molecule has 2 rings (SSSR count). The molecule has 1 aliphatic heterocycles. The van der Waals surface area contributed by atoms with E-state index in [4.69, 9.17) is 15.6 Å². The topological polar surface area (TPSA) is 75.7 Å². The Morgan fingerprint density at radius 3 is 2.60 bits per heavy atom. The van der Waals surface area contributed by atoms with Crippen molar-refractivity contribution in [2.24, 2.45) is 22.6 Å². The molecule has 3 N–H and O–H groups in total. The molecule has 0 aromatic carbocycles. The predicted molar refractivity (Wildman–Crippen MR) is 59.9 cm³/mol. The average molecular weight is 212 g/mol. The minimum Gasteiger partial charge on any atom is -0.481 e. The maximum absolute atomic E-state index is 9.00. The number of aliphatic imine (C=N–C) groups is 1. The van der Waals surface area contributed by atoms with Gasteiger partial charge in [0, 0.05) is 19.4 Å². The van der Waals surface area contributed by atoms with Gasteiger partial charge in [-0.15, -0.1) is 0 Å². The molecular formula is C11H20N2O2.